The summed E-state index contributed by atoms with van der Waals surface area (Å²) in [5.74, 6) is 0. The third kappa shape index (κ3) is 3.64. The van der Waals surface area contributed by atoms with E-state index >= 15 is 0 Å². The van der Waals surface area contributed by atoms with Gasteiger partial charge in [0.1, 0.15) is 6.61 Å². The van der Waals surface area contributed by atoms with Crippen molar-refractivity contribution in [1.82, 2.24) is 5.32 Å². The first kappa shape index (κ1) is 14.1. The minimum absolute atomic E-state index is 0.123. The summed E-state index contributed by atoms with van der Waals surface area (Å²) in [4.78, 5) is 11.8. The van der Waals surface area contributed by atoms with Crippen LogP contribution < -0.4 is 5.32 Å². The Morgan fingerprint density at radius 2 is 1.90 bits per heavy atom. The van der Waals surface area contributed by atoms with Gasteiger partial charge in [0.25, 0.3) is 0 Å². The van der Waals surface area contributed by atoms with Crippen molar-refractivity contribution in [3.05, 3.63) is 69.7 Å². The number of alkyl carbamates (subject to hydrolysis) is 1. The van der Waals surface area contributed by atoms with E-state index in [2.05, 4.69) is 33.4 Å². The maximum Gasteiger partial charge on any atom is 0.407 e. The summed E-state index contributed by atoms with van der Waals surface area (Å²) >= 11 is 3.47. The molecule has 2 aromatic rings. The molecule has 0 heterocycles. The van der Waals surface area contributed by atoms with Gasteiger partial charge >= 0.3 is 6.09 Å². The molecule has 0 bridgehead atoms. The summed E-state index contributed by atoms with van der Waals surface area (Å²) < 4.78 is 6.33. The van der Waals surface area contributed by atoms with Crippen molar-refractivity contribution < 1.29 is 9.53 Å². The second-order valence-electron chi connectivity index (χ2n) is 5.22. The fourth-order valence-electron chi connectivity index (χ4n) is 2.62. The van der Waals surface area contributed by atoms with Crippen LogP contribution in [0.15, 0.2) is 53.0 Å². The third-order valence-corrected chi connectivity index (χ3v) is 4.13. The van der Waals surface area contributed by atoms with Crippen molar-refractivity contribution in [2.24, 2.45) is 0 Å². The number of nitrogens with one attached hydrogen (secondary N) is 1. The second kappa shape index (κ2) is 6.31. The van der Waals surface area contributed by atoms with Crippen LogP contribution in [0.2, 0.25) is 0 Å². The molecular formula is C17H16BrNO2. The molecule has 0 aliphatic heterocycles. The lowest BCUT2D eigenvalue weighted by atomic mass is 10.1. The highest BCUT2D eigenvalue weighted by Gasteiger charge is 2.23. The predicted octanol–water partition coefficient (Wildman–Crippen LogP) is 3.84. The quantitative estimate of drug-likeness (QED) is 0.917. The molecule has 108 valence electrons. The van der Waals surface area contributed by atoms with E-state index in [-0.39, 0.29) is 12.1 Å². The van der Waals surface area contributed by atoms with Crippen molar-refractivity contribution in [3.63, 3.8) is 0 Å². The smallest absolute Gasteiger partial charge is 0.407 e. The summed E-state index contributed by atoms with van der Waals surface area (Å²) in [6.45, 7) is 0.303. The van der Waals surface area contributed by atoms with E-state index in [0.717, 1.165) is 22.9 Å². The van der Waals surface area contributed by atoms with E-state index in [4.69, 9.17) is 4.74 Å². The van der Waals surface area contributed by atoms with Crippen LogP contribution in [0.3, 0.4) is 0 Å². The Morgan fingerprint density at radius 3 is 2.71 bits per heavy atom. The number of fused-ring (bicyclic) bond motifs is 1. The molecule has 0 radical (unpaired) electrons. The van der Waals surface area contributed by atoms with E-state index in [0.29, 0.717) is 6.61 Å². The van der Waals surface area contributed by atoms with Crippen molar-refractivity contribution in [2.75, 3.05) is 0 Å². The van der Waals surface area contributed by atoms with E-state index in [1.807, 2.05) is 36.4 Å². The molecule has 1 N–H and O–H groups in total. The van der Waals surface area contributed by atoms with Crippen LogP contribution in [0.4, 0.5) is 4.79 Å². The molecule has 1 unspecified atom stereocenters. The van der Waals surface area contributed by atoms with E-state index < -0.39 is 0 Å². The van der Waals surface area contributed by atoms with Crippen molar-refractivity contribution in [3.8, 4) is 0 Å². The van der Waals surface area contributed by atoms with Crippen LogP contribution in [0, 0.1) is 0 Å². The summed E-state index contributed by atoms with van der Waals surface area (Å²) in [6.07, 6.45) is 1.37. The Morgan fingerprint density at radius 1 is 1.14 bits per heavy atom. The zero-order valence-electron chi connectivity index (χ0n) is 11.5. The van der Waals surface area contributed by atoms with Gasteiger partial charge in [-0.15, -0.1) is 0 Å². The van der Waals surface area contributed by atoms with Gasteiger partial charge in [-0.05, 0) is 41.7 Å². The zero-order valence-corrected chi connectivity index (χ0v) is 13.1. The Labute approximate surface area is 132 Å². The predicted molar refractivity (Wildman–Crippen MR) is 85.1 cm³/mol. The number of ether oxygens (including phenoxy) is 1. The average molecular weight is 346 g/mol. The Bertz CT molecular complexity index is 642. The summed E-state index contributed by atoms with van der Waals surface area (Å²) in [7, 11) is 0. The Kier molecular flexibility index (Phi) is 4.25. The highest BCUT2D eigenvalue weighted by molar-refractivity contribution is 9.10. The fraction of sp³-hybridized carbons (Fsp3) is 0.235. The first-order valence-corrected chi connectivity index (χ1v) is 7.74. The number of carbonyl (C=O) groups is 1. The van der Waals surface area contributed by atoms with Gasteiger partial charge < -0.3 is 10.1 Å². The lowest BCUT2D eigenvalue weighted by Crippen LogP contribution is -2.35. The molecule has 21 heavy (non-hydrogen) atoms. The Hall–Kier alpha value is -1.81. The standard InChI is InChI=1S/C17H16BrNO2/c18-15-7-6-13-9-16(10-14(13)8-15)19-17(20)21-11-12-4-2-1-3-5-12/h1-8,16H,9-11H2,(H,19,20). The van der Waals surface area contributed by atoms with E-state index in [9.17, 15) is 4.79 Å². The number of hydrogen-bond donors (Lipinski definition) is 1. The monoisotopic (exact) mass is 345 g/mol. The van der Waals surface area contributed by atoms with Gasteiger partial charge in [0.15, 0.2) is 0 Å². The molecule has 0 saturated heterocycles. The molecule has 2 aromatic carbocycles. The van der Waals surface area contributed by atoms with Crippen molar-refractivity contribution >= 4 is 22.0 Å². The van der Waals surface area contributed by atoms with Crippen LogP contribution >= 0.6 is 15.9 Å². The van der Waals surface area contributed by atoms with Crippen molar-refractivity contribution in [1.29, 1.82) is 0 Å². The molecule has 4 heteroatoms. The molecule has 0 spiro atoms. The SMILES string of the molecule is O=C(NC1Cc2ccc(Br)cc2C1)OCc1ccccc1. The number of hydrogen-bond acceptors (Lipinski definition) is 2. The molecule has 3 rings (SSSR count). The maximum absolute atomic E-state index is 11.8. The first-order chi connectivity index (χ1) is 10.2. The van der Waals surface area contributed by atoms with Gasteiger partial charge in [0.05, 0.1) is 0 Å². The number of amides is 1. The topological polar surface area (TPSA) is 38.3 Å². The molecule has 1 aliphatic carbocycles. The maximum atomic E-state index is 11.8. The fourth-order valence-corrected chi connectivity index (χ4v) is 3.03. The molecule has 3 nitrogen and oxygen atoms in total. The minimum Gasteiger partial charge on any atom is -0.445 e. The van der Waals surface area contributed by atoms with E-state index in [1.165, 1.54) is 11.1 Å². The zero-order chi connectivity index (χ0) is 14.7. The lowest BCUT2D eigenvalue weighted by molar-refractivity contribution is 0.136. The van der Waals surface area contributed by atoms with Gasteiger partial charge in [0.2, 0.25) is 0 Å². The van der Waals surface area contributed by atoms with Gasteiger partial charge in [-0.1, -0.05) is 52.3 Å². The number of benzene rings is 2. The summed E-state index contributed by atoms with van der Waals surface area (Å²) in [5.41, 5.74) is 3.58. The average Bonchev–Trinajstić information content (AvgIpc) is 2.87. The second-order valence-corrected chi connectivity index (χ2v) is 6.14. The van der Waals surface area contributed by atoms with Gasteiger partial charge in [-0.25, -0.2) is 4.79 Å². The Balaban J connectivity index is 1.51. The van der Waals surface area contributed by atoms with E-state index in [1.54, 1.807) is 0 Å². The van der Waals surface area contributed by atoms with Gasteiger partial charge in [0, 0.05) is 10.5 Å². The highest BCUT2D eigenvalue weighted by Crippen LogP contribution is 2.25. The highest BCUT2D eigenvalue weighted by atomic mass is 79.9. The summed E-state index contributed by atoms with van der Waals surface area (Å²) in [5, 5.41) is 2.94. The molecule has 0 aromatic heterocycles. The molecule has 0 fully saturated rings. The number of halogens is 1. The van der Waals surface area contributed by atoms with Crippen LogP contribution in [0.5, 0.6) is 0 Å². The normalized spacial score (nSPS) is 16.3. The molecule has 0 saturated carbocycles. The number of rotatable bonds is 3. The van der Waals surface area contributed by atoms with Crippen LogP contribution in [-0.4, -0.2) is 12.1 Å². The van der Waals surface area contributed by atoms with Gasteiger partial charge in [-0.3, -0.25) is 0 Å². The van der Waals surface area contributed by atoms with Gasteiger partial charge in [-0.2, -0.15) is 0 Å². The summed E-state index contributed by atoms with van der Waals surface area (Å²) in [6, 6.07) is 16.1. The first-order valence-electron chi connectivity index (χ1n) is 6.95. The minimum atomic E-state index is -0.351. The molecule has 1 aliphatic rings. The lowest BCUT2D eigenvalue weighted by Gasteiger charge is -2.12. The molecule has 1 atom stereocenters. The molecule has 1 amide bonds. The van der Waals surface area contributed by atoms with Crippen LogP contribution in [0.1, 0.15) is 16.7 Å². The van der Waals surface area contributed by atoms with Crippen molar-refractivity contribution in [2.45, 2.75) is 25.5 Å². The van der Waals surface area contributed by atoms with Crippen LogP contribution in [-0.2, 0) is 24.2 Å². The number of carbonyl (C=O) groups excluding carboxylic acids is 1. The van der Waals surface area contributed by atoms with Crippen LogP contribution in [0.25, 0.3) is 0 Å². The third-order valence-electron chi connectivity index (χ3n) is 3.64. The molecular weight excluding hydrogens is 330 g/mol. The largest absolute Gasteiger partial charge is 0.445 e.